The quantitative estimate of drug-likeness (QED) is 0.444. The molecule has 0 fully saturated rings. The van der Waals surface area contributed by atoms with Gasteiger partial charge in [0.2, 0.25) is 0 Å². The number of anilines is 1. The molecule has 4 rings (SSSR count). The standard InChI is InChI=1S/C24H21ClN4O2/c1-16-23(25)17(2)29(28-16)21-9-7-20(8-10-21)27-24(30)19-5-11-22(12-6-19)31-15-18-4-3-13-26-14-18/h3-14H,15H2,1-2H3,(H,27,30). The van der Waals surface area contributed by atoms with Crippen molar-refractivity contribution < 1.29 is 9.53 Å². The Morgan fingerprint density at radius 2 is 1.81 bits per heavy atom. The van der Waals surface area contributed by atoms with E-state index in [1.54, 1.807) is 41.3 Å². The molecular formula is C24H21ClN4O2. The lowest BCUT2D eigenvalue weighted by Gasteiger charge is -2.09. The number of aryl methyl sites for hydroxylation is 1. The maximum atomic E-state index is 12.6. The van der Waals surface area contributed by atoms with Gasteiger partial charge in [-0.3, -0.25) is 9.78 Å². The second kappa shape index (κ2) is 9.02. The van der Waals surface area contributed by atoms with Crippen LogP contribution in [-0.2, 0) is 6.61 Å². The van der Waals surface area contributed by atoms with Gasteiger partial charge in [-0.15, -0.1) is 0 Å². The van der Waals surface area contributed by atoms with Crippen LogP contribution >= 0.6 is 11.6 Å². The van der Waals surface area contributed by atoms with Crippen LogP contribution in [0.1, 0.15) is 27.3 Å². The summed E-state index contributed by atoms with van der Waals surface area (Å²) in [6, 6.07) is 18.3. The lowest BCUT2D eigenvalue weighted by molar-refractivity contribution is 0.102. The van der Waals surface area contributed by atoms with Crippen LogP contribution in [0.5, 0.6) is 5.75 Å². The third-order valence-electron chi connectivity index (χ3n) is 4.82. The molecule has 6 nitrogen and oxygen atoms in total. The molecule has 2 heterocycles. The number of carbonyl (C=O) groups excluding carboxylic acids is 1. The average Bonchev–Trinajstić information content (AvgIpc) is 3.06. The molecule has 156 valence electrons. The maximum Gasteiger partial charge on any atom is 0.255 e. The Hall–Kier alpha value is -3.64. The Labute approximate surface area is 185 Å². The van der Waals surface area contributed by atoms with E-state index in [4.69, 9.17) is 16.3 Å². The number of rotatable bonds is 6. The Kier molecular flexibility index (Phi) is 6.00. The monoisotopic (exact) mass is 432 g/mol. The minimum absolute atomic E-state index is 0.194. The molecule has 0 saturated heterocycles. The van der Waals surface area contributed by atoms with Gasteiger partial charge in [0.25, 0.3) is 5.91 Å². The van der Waals surface area contributed by atoms with Crippen LogP contribution in [0.4, 0.5) is 5.69 Å². The molecule has 0 spiro atoms. The maximum absolute atomic E-state index is 12.6. The second-order valence-electron chi connectivity index (χ2n) is 7.07. The molecule has 0 bridgehead atoms. The lowest BCUT2D eigenvalue weighted by atomic mass is 10.2. The number of amides is 1. The van der Waals surface area contributed by atoms with Gasteiger partial charge in [-0.2, -0.15) is 5.10 Å². The van der Waals surface area contributed by atoms with Crippen molar-refractivity contribution in [3.05, 3.63) is 101 Å². The Morgan fingerprint density at radius 3 is 2.42 bits per heavy atom. The van der Waals surface area contributed by atoms with E-state index in [0.717, 1.165) is 22.6 Å². The van der Waals surface area contributed by atoms with Crippen molar-refractivity contribution in [3.63, 3.8) is 0 Å². The zero-order valence-corrected chi connectivity index (χ0v) is 17.9. The van der Waals surface area contributed by atoms with Gasteiger partial charge in [-0.05, 0) is 68.4 Å². The molecule has 2 aromatic heterocycles. The summed E-state index contributed by atoms with van der Waals surface area (Å²) in [7, 11) is 0. The van der Waals surface area contributed by atoms with E-state index in [0.29, 0.717) is 28.6 Å². The van der Waals surface area contributed by atoms with Crippen molar-refractivity contribution in [1.82, 2.24) is 14.8 Å². The van der Waals surface area contributed by atoms with Crippen LogP contribution in [0.15, 0.2) is 73.1 Å². The van der Waals surface area contributed by atoms with E-state index in [1.165, 1.54) is 0 Å². The number of ether oxygens (including phenoxy) is 1. The summed E-state index contributed by atoms with van der Waals surface area (Å²) in [5, 5.41) is 8.00. The van der Waals surface area contributed by atoms with Gasteiger partial charge in [0, 0.05) is 29.2 Å². The molecule has 1 N–H and O–H groups in total. The number of hydrogen-bond donors (Lipinski definition) is 1. The number of aromatic nitrogens is 3. The molecular weight excluding hydrogens is 412 g/mol. The first-order chi connectivity index (χ1) is 15.0. The molecule has 0 unspecified atom stereocenters. The van der Waals surface area contributed by atoms with Crippen molar-refractivity contribution in [3.8, 4) is 11.4 Å². The van der Waals surface area contributed by atoms with Crippen LogP contribution in [0.25, 0.3) is 5.69 Å². The SMILES string of the molecule is Cc1nn(-c2ccc(NC(=O)c3ccc(OCc4cccnc4)cc3)cc2)c(C)c1Cl. The first-order valence-corrected chi connectivity index (χ1v) is 10.1. The summed E-state index contributed by atoms with van der Waals surface area (Å²) in [5.74, 6) is 0.494. The van der Waals surface area contributed by atoms with Crippen molar-refractivity contribution in [1.29, 1.82) is 0 Å². The second-order valence-corrected chi connectivity index (χ2v) is 7.45. The number of nitrogens with one attached hydrogen (secondary N) is 1. The molecule has 7 heteroatoms. The average molecular weight is 433 g/mol. The van der Waals surface area contributed by atoms with Gasteiger partial charge >= 0.3 is 0 Å². The summed E-state index contributed by atoms with van der Waals surface area (Å²) in [5.41, 5.74) is 4.75. The third kappa shape index (κ3) is 4.75. The zero-order chi connectivity index (χ0) is 21.8. The fourth-order valence-electron chi connectivity index (χ4n) is 3.12. The predicted octanol–water partition coefficient (Wildman–Crippen LogP) is 5.37. The van der Waals surface area contributed by atoms with Crippen molar-refractivity contribution in [2.75, 3.05) is 5.32 Å². The Morgan fingerprint density at radius 1 is 1.06 bits per heavy atom. The number of pyridine rings is 1. The van der Waals surface area contributed by atoms with Crippen molar-refractivity contribution >= 4 is 23.2 Å². The summed E-state index contributed by atoms with van der Waals surface area (Å²) >= 11 is 6.23. The summed E-state index contributed by atoms with van der Waals surface area (Å²) in [6.07, 6.45) is 3.48. The van der Waals surface area contributed by atoms with Crippen LogP contribution in [-0.4, -0.2) is 20.7 Å². The highest BCUT2D eigenvalue weighted by molar-refractivity contribution is 6.31. The zero-order valence-electron chi connectivity index (χ0n) is 17.2. The van der Waals surface area contributed by atoms with Gasteiger partial charge in [0.1, 0.15) is 12.4 Å². The molecule has 1 amide bonds. The molecule has 0 aliphatic carbocycles. The van der Waals surface area contributed by atoms with Gasteiger partial charge < -0.3 is 10.1 Å². The van der Waals surface area contributed by atoms with E-state index in [-0.39, 0.29) is 5.91 Å². The highest BCUT2D eigenvalue weighted by atomic mass is 35.5. The first kappa shape index (κ1) is 20.6. The molecule has 0 radical (unpaired) electrons. The van der Waals surface area contributed by atoms with E-state index in [1.807, 2.05) is 50.2 Å². The van der Waals surface area contributed by atoms with Crippen LogP contribution < -0.4 is 10.1 Å². The molecule has 0 aliphatic rings. The van der Waals surface area contributed by atoms with E-state index < -0.39 is 0 Å². The van der Waals surface area contributed by atoms with Crippen LogP contribution in [0, 0.1) is 13.8 Å². The van der Waals surface area contributed by atoms with E-state index in [9.17, 15) is 4.79 Å². The number of benzene rings is 2. The molecule has 0 saturated carbocycles. The fourth-order valence-corrected chi connectivity index (χ4v) is 3.23. The van der Waals surface area contributed by atoms with E-state index >= 15 is 0 Å². The molecule has 0 aliphatic heterocycles. The Bertz CT molecular complexity index is 1190. The van der Waals surface area contributed by atoms with Crippen molar-refractivity contribution in [2.24, 2.45) is 0 Å². The minimum Gasteiger partial charge on any atom is -0.489 e. The highest BCUT2D eigenvalue weighted by Gasteiger charge is 2.11. The fraction of sp³-hybridized carbons (Fsp3) is 0.125. The normalized spacial score (nSPS) is 10.7. The molecule has 0 atom stereocenters. The van der Waals surface area contributed by atoms with E-state index in [2.05, 4.69) is 15.4 Å². The van der Waals surface area contributed by atoms with Crippen LogP contribution in [0.3, 0.4) is 0 Å². The van der Waals surface area contributed by atoms with Gasteiger partial charge in [0.15, 0.2) is 0 Å². The molecule has 31 heavy (non-hydrogen) atoms. The van der Waals surface area contributed by atoms with Crippen LogP contribution in [0.2, 0.25) is 5.02 Å². The number of carbonyl (C=O) groups is 1. The predicted molar refractivity (Wildman–Crippen MR) is 121 cm³/mol. The summed E-state index contributed by atoms with van der Waals surface area (Å²) in [4.78, 5) is 16.6. The minimum atomic E-state index is -0.194. The number of halogens is 1. The molecule has 2 aromatic carbocycles. The molecule has 4 aromatic rings. The number of hydrogen-bond acceptors (Lipinski definition) is 4. The first-order valence-electron chi connectivity index (χ1n) is 9.76. The number of nitrogens with zero attached hydrogens (tertiary/aromatic N) is 3. The topological polar surface area (TPSA) is 69.0 Å². The van der Waals surface area contributed by atoms with Crippen molar-refractivity contribution in [2.45, 2.75) is 20.5 Å². The third-order valence-corrected chi connectivity index (χ3v) is 5.36. The highest BCUT2D eigenvalue weighted by Crippen LogP contribution is 2.23. The lowest BCUT2D eigenvalue weighted by Crippen LogP contribution is -2.12. The largest absolute Gasteiger partial charge is 0.489 e. The van der Waals surface area contributed by atoms with Gasteiger partial charge in [-0.25, -0.2) is 4.68 Å². The smallest absolute Gasteiger partial charge is 0.255 e. The summed E-state index contributed by atoms with van der Waals surface area (Å²) < 4.78 is 7.52. The van der Waals surface area contributed by atoms with Gasteiger partial charge in [-0.1, -0.05) is 17.7 Å². The Balaban J connectivity index is 1.38. The van der Waals surface area contributed by atoms with Gasteiger partial charge in [0.05, 0.1) is 22.1 Å². The summed E-state index contributed by atoms with van der Waals surface area (Å²) in [6.45, 7) is 4.21.